The summed E-state index contributed by atoms with van der Waals surface area (Å²) in [4.78, 5) is 11.5. The molecular weight excluding hydrogens is 292 g/mol. The number of fused-ring (bicyclic) bond motifs is 1. The van der Waals surface area contributed by atoms with Crippen molar-refractivity contribution in [3.05, 3.63) is 29.5 Å². The molecule has 1 fully saturated rings. The van der Waals surface area contributed by atoms with Crippen LogP contribution in [0.1, 0.15) is 36.0 Å². The van der Waals surface area contributed by atoms with Crippen molar-refractivity contribution in [2.24, 2.45) is 0 Å². The molecule has 0 spiro atoms. The third-order valence-corrected chi connectivity index (χ3v) is 4.53. The molecule has 0 N–H and O–H groups in total. The number of hydrogen-bond donors (Lipinski definition) is 0. The predicted octanol–water partition coefficient (Wildman–Crippen LogP) is 2.21. The summed E-state index contributed by atoms with van der Waals surface area (Å²) in [6.45, 7) is 6.13. The molecule has 23 heavy (non-hydrogen) atoms. The van der Waals surface area contributed by atoms with E-state index in [-0.39, 0.29) is 0 Å². The molecule has 0 aliphatic carbocycles. The molecule has 4 rings (SSSR count). The monoisotopic (exact) mass is 312 g/mol. The normalized spacial score (nSPS) is 17.2. The van der Waals surface area contributed by atoms with Gasteiger partial charge in [-0.25, -0.2) is 9.50 Å². The van der Waals surface area contributed by atoms with Crippen molar-refractivity contribution < 1.29 is 4.52 Å². The van der Waals surface area contributed by atoms with Crippen molar-refractivity contribution in [1.82, 2.24) is 29.6 Å². The number of piperidine rings is 1. The maximum atomic E-state index is 5.53. The summed E-state index contributed by atoms with van der Waals surface area (Å²) in [6.07, 6.45) is 3.88. The van der Waals surface area contributed by atoms with E-state index in [0.717, 1.165) is 54.4 Å². The fourth-order valence-corrected chi connectivity index (χ4v) is 3.19. The Morgan fingerprint density at radius 3 is 2.74 bits per heavy atom. The molecule has 120 valence electrons. The first-order valence-corrected chi connectivity index (χ1v) is 7.96. The maximum absolute atomic E-state index is 5.53. The average Bonchev–Trinajstić information content (AvgIpc) is 3.14. The van der Waals surface area contributed by atoms with E-state index in [1.54, 1.807) is 6.20 Å². The Morgan fingerprint density at radius 2 is 1.96 bits per heavy atom. The smallest absolute Gasteiger partial charge is 0.230 e. The van der Waals surface area contributed by atoms with Gasteiger partial charge in [0.15, 0.2) is 5.65 Å². The second kappa shape index (κ2) is 5.42. The molecular formula is C16H20N6O. The van der Waals surface area contributed by atoms with Crippen LogP contribution in [0.4, 0.5) is 0 Å². The zero-order valence-electron chi connectivity index (χ0n) is 13.7. The highest BCUT2D eigenvalue weighted by Crippen LogP contribution is 2.29. The molecule has 0 atom stereocenters. The minimum Gasteiger partial charge on any atom is -0.339 e. The van der Waals surface area contributed by atoms with Gasteiger partial charge in [0, 0.05) is 17.3 Å². The molecule has 1 saturated heterocycles. The van der Waals surface area contributed by atoms with Gasteiger partial charge in [0.2, 0.25) is 11.7 Å². The van der Waals surface area contributed by atoms with Gasteiger partial charge in [0.1, 0.15) is 0 Å². The predicted molar refractivity (Wildman–Crippen MR) is 85.2 cm³/mol. The van der Waals surface area contributed by atoms with Crippen LogP contribution in [0.3, 0.4) is 0 Å². The Kier molecular flexibility index (Phi) is 3.37. The Morgan fingerprint density at radius 1 is 1.17 bits per heavy atom. The van der Waals surface area contributed by atoms with Crippen LogP contribution in [-0.2, 0) is 0 Å². The van der Waals surface area contributed by atoms with E-state index in [4.69, 9.17) is 4.52 Å². The molecule has 1 aliphatic rings. The lowest BCUT2D eigenvalue weighted by Gasteiger charge is -2.26. The summed E-state index contributed by atoms with van der Waals surface area (Å²) in [6, 6.07) is 2.00. The van der Waals surface area contributed by atoms with E-state index in [0.29, 0.717) is 11.7 Å². The number of aromatic nitrogens is 5. The summed E-state index contributed by atoms with van der Waals surface area (Å²) in [5, 5.41) is 8.56. The lowest BCUT2D eigenvalue weighted by molar-refractivity contribution is 0.227. The van der Waals surface area contributed by atoms with Gasteiger partial charge in [-0.15, -0.1) is 0 Å². The highest BCUT2D eigenvalue weighted by atomic mass is 16.5. The molecule has 4 heterocycles. The Balaban J connectivity index is 1.69. The van der Waals surface area contributed by atoms with Crippen LogP contribution >= 0.6 is 0 Å². The second-order valence-electron chi connectivity index (χ2n) is 6.37. The van der Waals surface area contributed by atoms with Crippen LogP contribution in [-0.4, -0.2) is 49.8 Å². The summed E-state index contributed by atoms with van der Waals surface area (Å²) < 4.78 is 7.34. The van der Waals surface area contributed by atoms with E-state index in [2.05, 4.69) is 32.2 Å². The highest BCUT2D eigenvalue weighted by molar-refractivity contribution is 5.72. The summed E-state index contributed by atoms with van der Waals surface area (Å²) >= 11 is 0. The van der Waals surface area contributed by atoms with Gasteiger partial charge in [0.05, 0.1) is 11.8 Å². The minimum absolute atomic E-state index is 0.353. The molecule has 3 aromatic rings. The van der Waals surface area contributed by atoms with Crippen molar-refractivity contribution >= 4 is 5.65 Å². The lowest BCUT2D eigenvalue weighted by atomic mass is 9.97. The van der Waals surface area contributed by atoms with E-state index in [1.165, 1.54) is 0 Å². The van der Waals surface area contributed by atoms with Crippen LogP contribution < -0.4 is 0 Å². The van der Waals surface area contributed by atoms with E-state index < -0.39 is 0 Å². The van der Waals surface area contributed by atoms with Crippen LogP contribution in [0.15, 0.2) is 16.8 Å². The number of likely N-dealkylation sites (tertiary alicyclic amines) is 1. The number of hydrogen-bond acceptors (Lipinski definition) is 6. The third kappa shape index (κ3) is 2.50. The van der Waals surface area contributed by atoms with Crippen molar-refractivity contribution in [1.29, 1.82) is 0 Å². The Bertz CT molecular complexity index is 843. The molecule has 7 nitrogen and oxygen atoms in total. The zero-order valence-corrected chi connectivity index (χ0v) is 13.7. The maximum Gasteiger partial charge on any atom is 0.230 e. The lowest BCUT2D eigenvalue weighted by Crippen LogP contribution is -2.29. The van der Waals surface area contributed by atoms with Gasteiger partial charge in [-0.3, -0.25) is 0 Å². The van der Waals surface area contributed by atoms with Crippen LogP contribution in [0, 0.1) is 13.8 Å². The third-order valence-electron chi connectivity index (χ3n) is 4.53. The topological polar surface area (TPSA) is 72.3 Å². The summed E-state index contributed by atoms with van der Waals surface area (Å²) in [5.74, 6) is 1.66. The first-order valence-electron chi connectivity index (χ1n) is 7.96. The Labute approximate surface area is 134 Å². The standard InChI is InChI=1S/C16H20N6O/c1-10-8-11(2)22-15(18-10)13(9-17-22)14-19-16(23-20-14)12-4-6-21(3)7-5-12/h8-9,12H,4-7H2,1-3H3. The number of rotatable bonds is 2. The van der Waals surface area contributed by atoms with E-state index in [9.17, 15) is 0 Å². The van der Waals surface area contributed by atoms with E-state index in [1.807, 2.05) is 24.4 Å². The van der Waals surface area contributed by atoms with Crippen LogP contribution in [0.5, 0.6) is 0 Å². The first-order chi connectivity index (χ1) is 11.1. The Hall–Kier alpha value is -2.28. The number of aryl methyl sites for hydroxylation is 2. The van der Waals surface area contributed by atoms with Crippen molar-refractivity contribution in [2.45, 2.75) is 32.6 Å². The molecule has 0 unspecified atom stereocenters. The number of nitrogens with zero attached hydrogens (tertiary/aromatic N) is 6. The van der Waals surface area contributed by atoms with Crippen LogP contribution in [0.25, 0.3) is 17.0 Å². The highest BCUT2D eigenvalue weighted by Gasteiger charge is 2.25. The van der Waals surface area contributed by atoms with Gasteiger partial charge >= 0.3 is 0 Å². The molecule has 0 bridgehead atoms. The van der Waals surface area contributed by atoms with Gasteiger partial charge in [-0.05, 0) is 52.9 Å². The minimum atomic E-state index is 0.353. The second-order valence-corrected chi connectivity index (χ2v) is 6.37. The van der Waals surface area contributed by atoms with Crippen molar-refractivity contribution in [2.75, 3.05) is 20.1 Å². The molecule has 0 radical (unpaired) electrons. The van der Waals surface area contributed by atoms with Crippen molar-refractivity contribution in [3.63, 3.8) is 0 Å². The average molecular weight is 312 g/mol. The molecule has 0 saturated carbocycles. The quantitative estimate of drug-likeness (QED) is 0.722. The summed E-state index contributed by atoms with van der Waals surface area (Å²) in [7, 11) is 2.14. The van der Waals surface area contributed by atoms with Gasteiger partial charge in [0.25, 0.3) is 0 Å². The first kappa shape index (κ1) is 14.3. The molecule has 0 amide bonds. The molecule has 7 heteroatoms. The van der Waals surface area contributed by atoms with Gasteiger partial charge < -0.3 is 9.42 Å². The fraction of sp³-hybridized carbons (Fsp3) is 0.500. The molecule has 1 aliphatic heterocycles. The molecule has 3 aromatic heterocycles. The summed E-state index contributed by atoms with van der Waals surface area (Å²) in [5.41, 5.74) is 3.59. The fourth-order valence-electron chi connectivity index (χ4n) is 3.19. The zero-order chi connectivity index (χ0) is 16.0. The van der Waals surface area contributed by atoms with Gasteiger partial charge in [-0.1, -0.05) is 5.16 Å². The van der Waals surface area contributed by atoms with Crippen molar-refractivity contribution in [3.8, 4) is 11.4 Å². The SMILES string of the molecule is Cc1cc(C)n2ncc(-c3noc(C4CCN(C)CC4)n3)c2n1. The largest absolute Gasteiger partial charge is 0.339 e. The van der Waals surface area contributed by atoms with Gasteiger partial charge in [-0.2, -0.15) is 10.1 Å². The van der Waals surface area contributed by atoms with E-state index >= 15 is 0 Å². The molecule has 0 aromatic carbocycles. The van der Waals surface area contributed by atoms with Crippen LogP contribution in [0.2, 0.25) is 0 Å².